The summed E-state index contributed by atoms with van der Waals surface area (Å²) in [5.41, 5.74) is -0.851. The maximum atomic E-state index is 12.9. The highest BCUT2D eigenvalue weighted by molar-refractivity contribution is 5.44. The highest BCUT2D eigenvalue weighted by Gasteiger charge is 2.34. The van der Waals surface area contributed by atoms with E-state index in [1.54, 1.807) is 30.3 Å². The molecule has 2 rings (SSSR count). The van der Waals surface area contributed by atoms with Crippen LogP contribution < -0.4 is 4.74 Å². The van der Waals surface area contributed by atoms with E-state index in [2.05, 4.69) is 5.92 Å². The van der Waals surface area contributed by atoms with Crippen molar-refractivity contribution in [3.63, 3.8) is 0 Å². The minimum Gasteiger partial charge on any atom is -0.473 e. The van der Waals surface area contributed by atoms with Crippen LogP contribution >= 0.6 is 0 Å². The molecule has 0 radical (unpaired) electrons. The Bertz CT molecular complexity index is 739. The van der Waals surface area contributed by atoms with Crippen LogP contribution in [0.25, 0.3) is 0 Å². The molecule has 0 saturated carbocycles. The van der Waals surface area contributed by atoms with Crippen LogP contribution in [0.15, 0.2) is 48.5 Å². The zero-order chi connectivity index (χ0) is 16.2. The van der Waals surface area contributed by atoms with E-state index in [4.69, 9.17) is 16.4 Å². The van der Waals surface area contributed by atoms with E-state index in [1.165, 1.54) is 12.1 Å². The highest BCUT2D eigenvalue weighted by Crippen LogP contribution is 2.35. The van der Waals surface area contributed by atoms with E-state index >= 15 is 0 Å². The Balaban J connectivity index is 2.35. The maximum absolute atomic E-state index is 12.9. The normalized spacial score (nSPS) is 12.0. The molecule has 2 aromatic rings. The van der Waals surface area contributed by atoms with E-state index in [0.717, 1.165) is 12.1 Å². The van der Waals surface area contributed by atoms with Crippen molar-refractivity contribution >= 4 is 0 Å². The summed E-state index contributed by atoms with van der Waals surface area (Å²) in [7, 11) is 0. The molecule has 0 bridgehead atoms. The van der Waals surface area contributed by atoms with Gasteiger partial charge >= 0.3 is 6.18 Å². The zero-order valence-electron chi connectivity index (χ0n) is 11.3. The molecular formula is C17H10F3NO. The van der Waals surface area contributed by atoms with Gasteiger partial charge in [0, 0.05) is 5.56 Å². The minimum atomic E-state index is -4.64. The molecule has 0 aliphatic rings. The average Bonchev–Trinajstić information content (AvgIpc) is 2.52. The van der Waals surface area contributed by atoms with Crippen LogP contribution in [0, 0.1) is 23.7 Å². The fourth-order valence-corrected chi connectivity index (χ4v) is 1.89. The summed E-state index contributed by atoms with van der Waals surface area (Å²) in [5.74, 6) is 2.34. The average molecular weight is 301 g/mol. The lowest BCUT2D eigenvalue weighted by atomic mass is 10.1. The summed E-state index contributed by atoms with van der Waals surface area (Å²) < 4.78 is 44.2. The molecular weight excluding hydrogens is 291 g/mol. The molecule has 0 aliphatic heterocycles. The summed E-state index contributed by atoms with van der Waals surface area (Å²) in [6.07, 6.45) is -0.0631. The van der Waals surface area contributed by atoms with Gasteiger partial charge in [0.2, 0.25) is 0 Å². The number of alkyl halides is 3. The second-order valence-electron chi connectivity index (χ2n) is 4.39. The molecule has 0 aliphatic carbocycles. The Morgan fingerprint density at radius 1 is 1.09 bits per heavy atom. The molecule has 0 N–H and O–H groups in total. The van der Waals surface area contributed by atoms with Gasteiger partial charge in [-0.15, -0.1) is 6.42 Å². The van der Waals surface area contributed by atoms with Crippen molar-refractivity contribution in [3.8, 4) is 24.2 Å². The molecule has 0 aromatic heterocycles. The summed E-state index contributed by atoms with van der Waals surface area (Å²) in [6.45, 7) is 0. The Kier molecular flexibility index (Phi) is 4.39. The predicted molar refractivity (Wildman–Crippen MR) is 74.8 cm³/mol. The van der Waals surface area contributed by atoms with Crippen molar-refractivity contribution in [2.45, 2.75) is 12.3 Å². The summed E-state index contributed by atoms with van der Waals surface area (Å²) >= 11 is 0. The highest BCUT2D eigenvalue weighted by atomic mass is 19.4. The van der Waals surface area contributed by atoms with Gasteiger partial charge in [-0.25, -0.2) is 0 Å². The third-order valence-corrected chi connectivity index (χ3v) is 2.92. The first kappa shape index (κ1) is 15.5. The molecule has 22 heavy (non-hydrogen) atoms. The number of ether oxygens (including phenoxy) is 1. The third-order valence-electron chi connectivity index (χ3n) is 2.92. The van der Waals surface area contributed by atoms with Gasteiger partial charge in [-0.2, -0.15) is 18.4 Å². The van der Waals surface area contributed by atoms with Crippen molar-refractivity contribution in [2.75, 3.05) is 0 Å². The van der Waals surface area contributed by atoms with Crippen LogP contribution in [-0.4, -0.2) is 0 Å². The smallest absolute Gasteiger partial charge is 0.417 e. The van der Waals surface area contributed by atoms with Crippen LogP contribution in [0.1, 0.15) is 22.8 Å². The van der Waals surface area contributed by atoms with Gasteiger partial charge in [-0.3, -0.25) is 0 Å². The van der Waals surface area contributed by atoms with Crippen LogP contribution in [0.3, 0.4) is 0 Å². The number of hydrogen-bond acceptors (Lipinski definition) is 2. The quantitative estimate of drug-likeness (QED) is 0.790. The van der Waals surface area contributed by atoms with E-state index in [0.29, 0.717) is 5.56 Å². The molecule has 110 valence electrons. The first-order valence-electron chi connectivity index (χ1n) is 6.25. The van der Waals surface area contributed by atoms with Crippen molar-refractivity contribution in [1.82, 2.24) is 0 Å². The van der Waals surface area contributed by atoms with Gasteiger partial charge in [0.25, 0.3) is 0 Å². The van der Waals surface area contributed by atoms with Crippen LogP contribution in [0.5, 0.6) is 5.75 Å². The lowest BCUT2D eigenvalue weighted by molar-refractivity contribution is -0.137. The Morgan fingerprint density at radius 3 is 2.32 bits per heavy atom. The number of benzene rings is 2. The van der Waals surface area contributed by atoms with Gasteiger partial charge in [0.05, 0.1) is 17.2 Å². The van der Waals surface area contributed by atoms with Crippen LogP contribution in [0.4, 0.5) is 13.2 Å². The molecule has 2 aromatic carbocycles. The minimum absolute atomic E-state index is 0.0434. The fourth-order valence-electron chi connectivity index (χ4n) is 1.89. The molecule has 2 nitrogen and oxygen atoms in total. The van der Waals surface area contributed by atoms with Gasteiger partial charge in [-0.1, -0.05) is 36.3 Å². The number of terminal acetylenes is 1. The van der Waals surface area contributed by atoms with E-state index in [-0.39, 0.29) is 5.75 Å². The molecule has 0 amide bonds. The number of nitrogens with zero attached hydrogens (tertiary/aromatic N) is 1. The Morgan fingerprint density at radius 2 is 1.77 bits per heavy atom. The molecule has 1 atom stereocenters. The first-order valence-corrected chi connectivity index (χ1v) is 6.25. The predicted octanol–water partition coefficient (Wildman–Crippen LogP) is 4.33. The van der Waals surface area contributed by atoms with Crippen LogP contribution in [0.2, 0.25) is 0 Å². The summed E-state index contributed by atoms with van der Waals surface area (Å²) in [4.78, 5) is 0. The van der Waals surface area contributed by atoms with Crippen molar-refractivity contribution in [3.05, 3.63) is 65.2 Å². The van der Waals surface area contributed by atoms with Crippen molar-refractivity contribution in [1.29, 1.82) is 5.26 Å². The molecule has 0 fully saturated rings. The van der Waals surface area contributed by atoms with Crippen molar-refractivity contribution in [2.24, 2.45) is 0 Å². The fraction of sp³-hybridized carbons (Fsp3) is 0.118. The third kappa shape index (κ3) is 3.39. The topological polar surface area (TPSA) is 33.0 Å². The lowest BCUT2D eigenvalue weighted by Gasteiger charge is -2.16. The molecule has 0 heterocycles. The number of nitriles is 1. The Labute approximate surface area is 125 Å². The Hall–Kier alpha value is -2.92. The van der Waals surface area contributed by atoms with Crippen molar-refractivity contribution < 1.29 is 17.9 Å². The van der Waals surface area contributed by atoms with Crippen LogP contribution in [-0.2, 0) is 6.18 Å². The van der Waals surface area contributed by atoms with Gasteiger partial charge in [0.1, 0.15) is 5.75 Å². The van der Waals surface area contributed by atoms with Gasteiger partial charge < -0.3 is 4.74 Å². The van der Waals surface area contributed by atoms with E-state index in [9.17, 15) is 13.2 Å². The lowest BCUT2D eigenvalue weighted by Crippen LogP contribution is -2.10. The zero-order valence-corrected chi connectivity index (χ0v) is 11.3. The second-order valence-corrected chi connectivity index (χ2v) is 4.39. The van der Waals surface area contributed by atoms with E-state index in [1.807, 2.05) is 0 Å². The first-order chi connectivity index (χ1) is 10.5. The molecule has 5 heteroatoms. The van der Waals surface area contributed by atoms with Gasteiger partial charge in [-0.05, 0) is 18.2 Å². The molecule has 0 spiro atoms. The number of rotatable bonds is 3. The second kappa shape index (κ2) is 6.24. The summed E-state index contributed by atoms with van der Waals surface area (Å²) in [6, 6.07) is 13.4. The number of hydrogen-bond donors (Lipinski definition) is 0. The van der Waals surface area contributed by atoms with E-state index < -0.39 is 23.4 Å². The molecule has 0 saturated heterocycles. The maximum Gasteiger partial charge on any atom is 0.417 e. The molecule has 1 unspecified atom stereocenters. The number of halogens is 3. The monoisotopic (exact) mass is 301 g/mol. The summed E-state index contributed by atoms with van der Waals surface area (Å²) in [5, 5.41) is 8.76. The van der Waals surface area contributed by atoms with Gasteiger partial charge in [0.15, 0.2) is 6.10 Å². The standard InChI is InChI=1S/C17H10F3NO/c1-2-16(12-6-4-3-5-7-12)22-14-9-8-13(11-21)15(10-14)17(18,19)20/h1,3-10,16H. The SMILES string of the molecule is C#CC(Oc1ccc(C#N)c(C(F)(F)F)c1)c1ccccc1. The largest absolute Gasteiger partial charge is 0.473 e.